The first-order chi connectivity index (χ1) is 13.5. The van der Waals surface area contributed by atoms with Crippen molar-refractivity contribution in [2.45, 2.75) is 38.3 Å². The fourth-order valence-electron chi connectivity index (χ4n) is 3.08. The molecule has 2 aromatic heterocycles. The van der Waals surface area contributed by atoms with Gasteiger partial charge < -0.3 is 5.32 Å². The topological polar surface area (TPSA) is 64.7 Å². The van der Waals surface area contributed by atoms with Gasteiger partial charge in [0, 0.05) is 18.2 Å². The van der Waals surface area contributed by atoms with Crippen molar-refractivity contribution in [3.05, 3.63) is 64.6 Å². The summed E-state index contributed by atoms with van der Waals surface area (Å²) in [5, 5.41) is 10.8. The summed E-state index contributed by atoms with van der Waals surface area (Å²) >= 11 is 6.07. The molecule has 2 heterocycles. The highest BCUT2D eigenvalue weighted by atomic mass is 35.5. The summed E-state index contributed by atoms with van der Waals surface area (Å²) in [6.45, 7) is 0.388. The summed E-state index contributed by atoms with van der Waals surface area (Å²) in [5.74, 6) is 0.0819. The monoisotopic (exact) mass is 405 g/mol. The summed E-state index contributed by atoms with van der Waals surface area (Å²) in [5.41, 5.74) is 1.13. The molecule has 0 bridgehead atoms. The van der Waals surface area contributed by atoms with Crippen molar-refractivity contribution in [2.75, 3.05) is 5.32 Å². The first-order valence-electron chi connectivity index (χ1n) is 8.92. The van der Waals surface area contributed by atoms with Gasteiger partial charge in [0.25, 0.3) is 6.43 Å². The van der Waals surface area contributed by atoms with Crippen molar-refractivity contribution < 1.29 is 13.6 Å². The minimum absolute atomic E-state index is 0.0301. The van der Waals surface area contributed by atoms with Gasteiger partial charge >= 0.3 is 0 Å². The van der Waals surface area contributed by atoms with Gasteiger partial charge in [-0.1, -0.05) is 41.9 Å². The maximum atomic E-state index is 13.1. The van der Waals surface area contributed by atoms with Crippen molar-refractivity contribution in [1.29, 1.82) is 0 Å². The number of nitrogens with zero attached hydrogens (tertiary/aromatic N) is 4. The molecule has 1 aliphatic rings. The highest BCUT2D eigenvalue weighted by Crippen LogP contribution is 2.45. The van der Waals surface area contributed by atoms with Crippen LogP contribution in [0.1, 0.15) is 42.1 Å². The minimum atomic E-state index is -2.78. The predicted octanol–water partition coefficient (Wildman–Crippen LogP) is 4.24. The normalized spacial score (nSPS) is 13.9. The molecule has 1 saturated carbocycles. The summed E-state index contributed by atoms with van der Waals surface area (Å²) in [4.78, 5) is 12.4. The largest absolute Gasteiger partial charge is 0.308 e. The fraction of sp³-hybridized carbons (Fsp3) is 0.316. The van der Waals surface area contributed by atoms with Crippen molar-refractivity contribution in [3.63, 3.8) is 0 Å². The number of benzene rings is 1. The molecule has 3 aromatic rings. The van der Waals surface area contributed by atoms with Crippen LogP contribution in [0.3, 0.4) is 0 Å². The van der Waals surface area contributed by atoms with Crippen molar-refractivity contribution >= 4 is 23.3 Å². The van der Waals surface area contributed by atoms with Gasteiger partial charge in [-0.15, -0.1) is 0 Å². The first-order valence-corrected chi connectivity index (χ1v) is 9.30. The molecule has 0 unspecified atom stereocenters. The third-order valence-electron chi connectivity index (χ3n) is 4.52. The Balaban J connectivity index is 1.43. The van der Waals surface area contributed by atoms with Crippen LogP contribution >= 0.6 is 11.6 Å². The molecular weight excluding hydrogens is 388 g/mol. The predicted molar refractivity (Wildman–Crippen MR) is 101 cm³/mol. The van der Waals surface area contributed by atoms with E-state index in [0.29, 0.717) is 18.1 Å². The molecular formula is C19H18ClF2N5O. The van der Waals surface area contributed by atoms with Crippen molar-refractivity contribution in [1.82, 2.24) is 19.6 Å². The van der Waals surface area contributed by atoms with Gasteiger partial charge in [-0.05, 0) is 18.4 Å². The Kier molecular flexibility index (Phi) is 5.13. The van der Waals surface area contributed by atoms with E-state index in [0.717, 1.165) is 18.4 Å². The van der Waals surface area contributed by atoms with E-state index in [2.05, 4.69) is 15.5 Å². The smallest absolute Gasteiger partial charge is 0.283 e. The van der Waals surface area contributed by atoms with Crippen LogP contribution < -0.4 is 5.32 Å². The lowest BCUT2D eigenvalue weighted by Crippen LogP contribution is -2.21. The number of rotatable bonds is 7. The number of alkyl halides is 2. The first kappa shape index (κ1) is 18.6. The Morgan fingerprint density at radius 1 is 1.21 bits per heavy atom. The van der Waals surface area contributed by atoms with Crippen molar-refractivity contribution in [2.24, 2.45) is 0 Å². The lowest BCUT2D eigenvalue weighted by molar-refractivity contribution is -0.117. The SMILES string of the molecule is O=C(Cn1nc(C(F)F)c(Cl)c1C1CC1)Nc1ccn(Cc2ccccc2)n1. The zero-order valence-electron chi connectivity index (χ0n) is 14.9. The number of nitrogens with one attached hydrogen (secondary N) is 1. The van der Waals surface area contributed by atoms with E-state index < -0.39 is 18.0 Å². The van der Waals surface area contributed by atoms with Crippen LogP contribution in [0.25, 0.3) is 0 Å². The minimum Gasteiger partial charge on any atom is -0.308 e. The quantitative estimate of drug-likeness (QED) is 0.639. The van der Waals surface area contributed by atoms with Gasteiger partial charge in [0.1, 0.15) is 12.2 Å². The molecule has 0 radical (unpaired) electrons. The molecule has 1 aromatic carbocycles. The summed E-state index contributed by atoms with van der Waals surface area (Å²) in [6.07, 6.45) is 0.708. The van der Waals surface area contributed by atoms with Crippen LogP contribution in [0.5, 0.6) is 0 Å². The number of hydrogen-bond acceptors (Lipinski definition) is 3. The Morgan fingerprint density at radius 3 is 2.64 bits per heavy atom. The van der Waals surface area contributed by atoms with E-state index in [9.17, 15) is 13.6 Å². The van der Waals surface area contributed by atoms with Gasteiger partial charge in [0.05, 0.1) is 17.3 Å². The molecule has 6 nitrogen and oxygen atoms in total. The highest BCUT2D eigenvalue weighted by molar-refractivity contribution is 6.32. The molecule has 1 amide bonds. The van der Waals surface area contributed by atoms with E-state index in [-0.39, 0.29) is 17.5 Å². The Hall–Kier alpha value is -2.74. The van der Waals surface area contributed by atoms with Gasteiger partial charge in [0.2, 0.25) is 5.91 Å². The maximum Gasteiger partial charge on any atom is 0.283 e. The lowest BCUT2D eigenvalue weighted by atomic mass is 10.2. The number of aromatic nitrogens is 4. The molecule has 0 saturated heterocycles. The van der Waals surface area contributed by atoms with Crippen molar-refractivity contribution in [3.8, 4) is 0 Å². The van der Waals surface area contributed by atoms with Crippen LogP contribution in [-0.4, -0.2) is 25.5 Å². The van der Waals surface area contributed by atoms with Gasteiger partial charge in [-0.2, -0.15) is 10.2 Å². The van der Waals surface area contributed by atoms with Crippen LogP contribution in [0.2, 0.25) is 5.02 Å². The number of anilines is 1. The zero-order valence-corrected chi connectivity index (χ0v) is 15.6. The fourth-order valence-corrected chi connectivity index (χ4v) is 3.46. The molecule has 0 aliphatic heterocycles. The molecule has 9 heteroatoms. The average molecular weight is 406 g/mol. The molecule has 0 atom stereocenters. The number of halogens is 3. The molecule has 4 rings (SSSR count). The number of carbonyl (C=O) groups is 1. The molecule has 1 N–H and O–H groups in total. The van der Waals surface area contributed by atoms with Gasteiger partial charge in [-0.3, -0.25) is 14.2 Å². The van der Waals surface area contributed by atoms with Gasteiger partial charge in [-0.25, -0.2) is 8.78 Å². The Bertz CT molecular complexity index is 982. The van der Waals surface area contributed by atoms with Gasteiger partial charge in [0.15, 0.2) is 5.82 Å². The Morgan fingerprint density at radius 2 is 1.96 bits per heavy atom. The second-order valence-corrected chi connectivity index (χ2v) is 7.13. The number of hydrogen-bond donors (Lipinski definition) is 1. The average Bonchev–Trinajstić information content (AvgIpc) is 3.31. The molecule has 0 spiro atoms. The van der Waals surface area contributed by atoms with E-state index >= 15 is 0 Å². The summed E-state index contributed by atoms with van der Waals surface area (Å²) in [6, 6.07) is 11.5. The summed E-state index contributed by atoms with van der Waals surface area (Å²) < 4.78 is 29.2. The van der Waals surface area contributed by atoms with Crippen LogP contribution in [-0.2, 0) is 17.9 Å². The maximum absolute atomic E-state index is 13.1. The summed E-state index contributed by atoms with van der Waals surface area (Å²) in [7, 11) is 0. The van der Waals surface area contributed by atoms with E-state index in [4.69, 9.17) is 11.6 Å². The van der Waals surface area contributed by atoms with Crippen LogP contribution in [0, 0.1) is 0 Å². The molecule has 146 valence electrons. The molecule has 1 aliphatic carbocycles. The van der Waals surface area contributed by atoms with E-state index in [1.807, 2.05) is 30.3 Å². The van der Waals surface area contributed by atoms with Crippen LogP contribution in [0.15, 0.2) is 42.6 Å². The second kappa shape index (κ2) is 7.71. The zero-order chi connectivity index (χ0) is 19.7. The lowest BCUT2D eigenvalue weighted by Gasteiger charge is -2.07. The third-order valence-corrected chi connectivity index (χ3v) is 4.90. The molecule has 28 heavy (non-hydrogen) atoms. The van der Waals surface area contributed by atoms with E-state index in [1.54, 1.807) is 16.9 Å². The van der Waals surface area contributed by atoms with Crippen LogP contribution in [0.4, 0.5) is 14.6 Å². The standard InChI is InChI=1S/C19H18ClF2N5O/c20-16-17(19(21)22)25-27(18(16)13-6-7-13)11-15(28)23-14-8-9-26(24-14)10-12-4-2-1-3-5-12/h1-5,8-9,13,19H,6-7,10-11H2,(H,23,24,28). The number of amides is 1. The second-order valence-electron chi connectivity index (χ2n) is 6.75. The Labute approximate surface area is 165 Å². The molecule has 1 fully saturated rings. The van der Waals surface area contributed by atoms with E-state index in [1.165, 1.54) is 4.68 Å². The highest BCUT2D eigenvalue weighted by Gasteiger charge is 2.34. The third kappa shape index (κ3) is 4.06. The number of carbonyl (C=O) groups excluding carboxylic acids is 1.